The van der Waals surface area contributed by atoms with Gasteiger partial charge in [-0.1, -0.05) is 38.0 Å². The number of carbonyl (C=O) groups excluding carboxylic acids is 1. The number of hydrogen-bond acceptors (Lipinski definition) is 5. The number of nitrogens with one attached hydrogen (secondary N) is 2. The number of aryl methyl sites for hydroxylation is 2. The summed E-state index contributed by atoms with van der Waals surface area (Å²) in [5.41, 5.74) is 2.62. The highest BCUT2D eigenvalue weighted by molar-refractivity contribution is 5.90. The summed E-state index contributed by atoms with van der Waals surface area (Å²) in [6, 6.07) is 11.3. The zero-order valence-electron chi connectivity index (χ0n) is 20.1. The molecule has 0 bridgehead atoms. The largest absolute Gasteiger partial charge is 0.465 e. The summed E-state index contributed by atoms with van der Waals surface area (Å²) in [4.78, 5) is 34.7. The Morgan fingerprint density at radius 1 is 1.17 bits per heavy atom. The van der Waals surface area contributed by atoms with Crippen LogP contribution in [0.3, 0.4) is 0 Å². The van der Waals surface area contributed by atoms with Crippen molar-refractivity contribution >= 4 is 23.6 Å². The molecule has 0 radical (unpaired) electrons. The summed E-state index contributed by atoms with van der Waals surface area (Å²) >= 11 is 0. The number of benzene rings is 1. The van der Waals surface area contributed by atoms with Crippen LogP contribution in [-0.4, -0.2) is 54.5 Å². The molecule has 3 N–H and O–H groups in total. The SMILES string of the molecule is CCc1ccccc1NC(=O)N(CCn1nc(-c2ccnc(NC(=O)O)c2)nc1C)C1CCCC1. The average molecular weight is 478 g/mol. The Morgan fingerprint density at radius 3 is 2.69 bits per heavy atom. The van der Waals surface area contributed by atoms with Gasteiger partial charge in [-0.15, -0.1) is 0 Å². The third-order valence-electron chi connectivity index (χ3n) is 6.33. The topological polar surface area (TPSA) is 125 Å². The normalized spacial score (nSPS) is 13.5. The molecule has 4 rings (SSSR count). The lowest BCUT2D eigenvalue weighted by Gasteiger charge is -2.29. The van der Waals surface area contributed by atoms with Crippen molar-refractivity contribution in [1.82, 2.24) is 24.6 Å². The lowest BCUT2D eigenvalue weighted by Crippen LogP contribution is -2.43. The molecule has 2 aromatic heterocycles. The highest BCUT2D eigenvalue weighted by atomic mass is 16.4. The van der Waals surface area contributed by atoms with Crippen LogP contribution < -0.4 is 10.6 Å². The van der Waals surface area contributed by atoms with Crippen LogP contribution in [0.5, 0.6) is 0 Å². The highest BCUT2D eigenvalue weighted by Gasteiger charge is 2.27. The Balaban J connectivity index is 1.49. The molecule has 10 nitrogen and oxygen atoms in total. The average Bonchev–Trinajstić information content (AvgIpc) is 3.50. The Hall–Kier alpha value is -3.95. The van der Waals surface area contributed by atoms with Crippen molar-refractivity contribution in [3.8, 4) is 11.4 Å². The number of carboxylic acid groups (broad SMARTS) is 1. The summed E-state index contributed by atoms with van der Waals surface area (Å²) in [5.74, 6) is 1.40. The van der Waals surface area contributed by atoms with Crippen molar-refractivity contribution in [2.24, 2.45) is 0 Å². The van der Waals surface area contributed by atoms with Crippen molar-refractivity contribution in [2.45, 2.75) is 58.5 Å². The first kappa shape index (κ1) is 24.2. The minimum Gasteiger partial charge on any atom is -0.465 e. The second-order valence-electron chi connectivity index (χ2n) is 8.64. The standard InChI is InChI=1S/C25H31N7O3/c1-3-18-8-4-7-11-21(18)28-24(33)31(20-9-5-6-10-20)14-15-32-17(2)27-23(30-32)19-12-13-26-22(16-19)29-25(34)35/h4,7-8,11-13,16,20H,3,5-6,9-10,14-15H2,1-2H3,(H,26,29)(H,28,33)(H,34,35). The van der Waals surface area contributed by atoms with E-state index in [0.717, 1.165) is 43.4 Å². The molecule has 2 heterocycles. The van der Waals surface area contributed by atoms with Gasteiger partial charge in [-0.05, 0) is 49.9 Å². The molecule has 1 aromatic carbocycles. The molecule has 1 aliphatic rings. The summed E-state index contributed by atoms with van der Waals surface area (Å²) in [6.45, 7) is 4.96. The van der Waals surface area contributed by atoms with Crippen LogP contribution in [0.25, 0.3) is 11.4 Å². The van der Waals surface area contributed by atoms with E-state index in [2.05, 4.69) is 32.6 Å². The van der Waals surface area contributed by atoms with Gasteiger partial charge in [0, 0.05) is 30.0 Å². The number of carbonyl (C=O) groups is 2. The van der Waals surface area contributed by atoms with E-state index in [-0.39, 0.29) is 17.9 Å². The van der Waals surface area contributed by atoms with E-state index in [9.17, 15) is 9.59 Å². The summed E-state index contributed by atoms with van der Waals surface area (Å²) < 4.78 is 1.79. The van der Waals surface area contributed by atoms with Gasteiger partial charge in [0.25, 0.3) is 0 Å². The molecule has 0 saturated heterocycles. The first-order chi connectivity index (χ1) is 16.9. The molecular formula is C25H31N7O3. The number of hydrogen-bond donors (Lipinski definition) is 3. The van der Waals surface area contributed by atoms with E-state index in [1.807, 2.05) is 36.1 Å². The van der Waals surface area contributed by atoms with Gasteiger partial charge >= 0.3 is 12.1 Å². The molecule has 0 spiro atoms. The van der Waals surface area contributed by atoms with Crippen molar-refractivity contribution in [1.29, 1.82) is 0 Å². The number of para-hydroxylation sites is 1. The van der Waals surface area contributed by atoms with Crippen LogP contribution in [0.2, 0.25) is 0 Å². The summed E-state index contributed by atoms with van der Waals surface area (Å²) in [6.07, 6.45) is 5.43. The van der Waals surface area contributed by atoms with Crippen LogP contribution in [0.1, 0.15) is 44.0 Å². The Morgan fingerprint density at radius 2 is 1.94 bits per heavy atom. The maximum Gasteiger partial charge on any atom is 0.410 e. The first-order valence-corrected chi connectivity index (χ1v) is 12.0. The summed E-state index contributed by atoms with van der Waals surface area (Å²) in [7, 11) is 0. The lowest BCUT2D eigenvalue weighted by molar-refractivity contribution is 0.184. The van der Waals surface area contributed by atoms with Crippen molar-refractivity contribution in [2.75, 3.05) is 17.2 Å². The predicted octanol–water partition coefficient (Wildman–Crippen LogP) is 4.78. The number of rotatable bonds is 8. The molecular weight excluding hydrogens is 446 g/mol. The van der Waals surface area contributed by atoms with Gasteiger partial charge < -0.3 is 15.3 Å². The van der Waals surface area contributed by atoms with E-state index in [1.54, 1.807) is 16.8 Å². The van der Waals surface area contributed by atoms with Crippen molar-refractivity contribution in [3.05, 3.63) is 54.0 Å². The maximum atomic E-state index is 13.3. The third-order valence-corrected chi connectivity index (χ3v) is 6.33. The number of nitrogens with zero attached hydrogens (tertiary/aromatic N) is 5. The van der Waals surface area contributed by atoms with Crippen molar-refractivity contribution in [3.63, 3.8) is 0 Å². The first-order valence-electron chi connectivity index (χ1n) is 12.0. The fourth-order valence-corrected chi connectivity index (χ4v) is 4.51. The minimum atomic E-state index is -1.18. The van der Waals surface area contributed by atoms with E-state index in [4.69, 9.17) is 5.11 Å². The molecule has 0 aliphatic heterocycles. The Bertz CT molecular complexity index is 1190. The molecule has 1 saturated carbocycles. The number of pyridine rings is 1. The zero-order valence-corrected chi connectivity index (χ0v) is 20.1. The van der Waals surface area contributed by atoms with Crippen LogP contribution >= 0.6 is 0 Å². The van der Waals surface area contributed by atoms with Gasteiger partial charge in [-0.2, -0.15) is 5.10 Å². The number of aromatic nitrogens is 4. The highest BCUT2D eigenvalue weighted by Crippen LogP contribution is 2.25. The molecule has 1 fully saturated rings. The molecule has 1 aliphatic carbocycles. The van der Waals surface area contributed by atoms with Gasteiger partial charge in [-0.25, -0.2) is 24.2 Å². The second-order valence-corrected chi connectivity index (χ2v) is 8.64. The smallest absolute Gasteiger partial charge is 0.410 e. The predicted molar refractivity (Wildman–Crippen MR) is 133 cm³/mol. The van der Waals surface area contributed by atoms with Gasteiger partial charge in [0.1, 0.15) is 11.6 Å². The van der Waals surface area contributed by atoms with Crippen LogP contribution in [0, 0.1) is 6.92 Å². The van der Waals surface area contributed by atoms with E-state index >= 15 is 0 Å². The Kier molecular flexibility index (Phi) is 7.59. The number of amides is 3. The molecule has 3 amide bonds. The number of urea groups is 1. The van der Waals surface area contributed by atoms with Crippen molar-refractivity contribution < 1.29 is 14.7 Å². The minimum absolute atomic E-state index is 0.0886. The monoisotopic (exact) mass is 477 g/mol. The maximum absolute atomic E-state index is 13.3. The Labute approximate surface area is 204 Å². The van der Waals surface area contributed by atoms with Gasteiger partial charge in [0.15, 0.2) is 5.82 Å². The molecule has 184 valence electrons. The summed E-state index contributed by atoms with van der Waals surface area (Å²) in [5, 5.41) is 18.9. The van der Waals surface area contributed by atoms with E-state index in [0.29, 0.717) is 30.3 Å². The lowest BCUT2D eigenvalue weighted by atomic mass is 10.1. The van der Waals surface area contributed by atoms with E-state index in [1.165, 1.54) is 6.20 Å². The van der Waals surface area contributed by atoms with Crippen LogP contribution in [-0.2, 0) is 13.0 Å². The quantitative estimate of drug-likeness (QED) is 0.429. The third kappa shape index (κ3) is 5.95. The molecule has 35 heavy (non-hydrogen) atoms. The molecule has 3 aromatic rings. The fourth-order valence-electron chi connectivity index (χ4n) is 4.51. The zero-order chi connectivity index (χ0) is 24.8. The fraction of sp³-hybridized carbons (Fsp3) is 0.400. The second kappa shape index (κ2) is 11.0. The molecule has 10 heteroatoms. The van der Waals surface area contributed by atoms with E-state index < -0.39 is 6.09 Å². The van der Waals surface area contributed by atoms with Gasteiger partial charge in [0.2, 0.25) is 0 Å². The molecule has 0 unspecified atom stereocenters. The van der Waals surface area contributed by atoms with Gasteiger partial charge in [-0.3, -0.25) is 5.32 Å². The van der Waals surface area contributed by atoms with Crippen LogP contribution in [0.4, 0.5) is 21.1 Å². The number of anilines is 2. The van der Waals surface area contributed by atoms with Gasteiger partial charge in [0.05, 0.1) is 6.54 Å². The van der Waals surface area contributed by atoms with Crippen LogP contribution in [0.15, 0.2) is 42.6 Å². The molecule has 0 atom stereocenters.